The molecule has 7 heteroatoms. The number of carbonyl (C=O) groups is 2. The predicted molar refractivity (Wildman–Crippen MR) is 97.6 cm³/mol. The Labute approximate surface area is 156 Å². The zero-order valence-corrected chi connectivity index (χ0v) is 15.0. The molecule has 2 aromatic carbocycles. The first-order valence-electron chi connectivity index (χ1n) is 8.42. The molecule has 1 aliphatic heterocycles. The fourth-order valence-electron chi connectivity index (χ4n) is 2.73. The van der Waals surface area contributed by atoms with Gasteiger partial charge in [-0.05, 0) is 36.8 Å². The molecule has 140 valence electrons. The topological polar surface area (TPSA) is 67.9 Å². The van der Waals surface area contributed by atoms with Gasteiger partial charge in [-0.15, -0.1) is 0 Å². The maximum Gasteiger partial charge on any atom is 0.329 e. The van der Waals surface area contributed by atoms with Crippen LogP contribution in [0.4, 0.5) is 9.18 Å². The second-order valence-corrected chi connectivity index (χ2v) is 5.81. The molecule has 6 nitrogen and oxygen atoms in total. The zero-order chi connectivity index (χ0) is 19.4. The minimum Gasteiger partial charge on any atom is -0.493 e. The van der Waals surface area contributed by atoms with Crippen LogP contribution in [0.1, 0.15) is 18.1 Å². The molecule has 0 aliphatic carbocycles. The molecule has 1 N–H and O–H groups in total. The number of amides is 3. The van der Waals surface area contributed by atoms with Crippen molar-refractivity contribution in [2.45, 2.75) is 13.5 Å². The van der Waals surface area contributed by atoms with Gasteiger partial charge in [0.25, 0.3) is 5.91 Å². The summed E-state index contributed by atoms with van der Waals surface area (Å²) in [7, 11) is 1.52. The van der Waals surface area contributed by atoms with Gasteiger partial charge in [-0.25, -0.2) is 9.18 Å². The molecule has 3 amide bonds. The summed E-state index contributed by atoms with van der Waals surface area (Å²) in [6.45, 7) is 2.23. The largest absolute Gasteiger partial charge is 0.493 e. The molecule has 0 aromatic heterocycles. The number of imide groups is 1. The molecule has 0 radical (unpaired) electrons. The maximum atomic E-state index is 13.8. The van der Waals surface area contributed by atoms with Gasteiger partial charge in [-0.2, -0.15) is 0 Å². The second kappa shape index (κ2) is 7.90. The number of nitrogens with zero attached hydrogens (tertiary/aromatic N) is 1. The van der Waals surface area contributed by atoms with Crippen LogP contribution in [0.5, 0.6) is 11.5 Å². The van der Waals surface area contributed by atoms with E-state index in [1.54, 1.807) is 36.4 Å². The van der Waals surface area contributed by atoms with E-state index in [2.05, 4.69) is 5.32 Å². The summed E-state index contributed by atoms with van der Waals surface area (Å²) < 4.78 is 24.6. The van der Waals surface area contributed by atoms with E-state index < -0.39 is 17.8 Å². The van der Waals surface area contributed by atoms with Gasteiger partial charge < -0.3 is 14.8 Å². The van der Waals surface area contributed by atoms with E-state index in [4.69, 9.17) is 9.47 Å². The molecule has 27 heavy (non-hydrogen) atoms. The van der Waals surface area contributed by atoms with Crippen molar-refractivity contribution in [3.8, 4) is 11.5 Å². The van der Waals surface area contributed by atoms with Gasteiger partial charge in [-0.1, -0.05) is 24.3 Å². The minimum atomic E-state index is -0.590. The van der Waals surface area contributed by atoms with Crippen LogP contribution in [0.2, 0.25) is 0 Å². The molecular formula is C20H19FN2O4. The smallest absolute Gasteiger partial charge is 0.329 e. The molecule has 0 atom stereocenters. The number of benzene rings is 2. The van der Waals surface area contributed by atoms with Crippen molar-refractivity contribution in [2.75, 3.05) is 13.7 Å². The fourth-order valence-corrected chi connectivity index (χ4v) is 2.73. The van der Waals surface area contributed by atoms with Crippen molar-refractivity contribution in [2.24, 2.45) is 0 Å². The Kier molecular flexibility index (Phi) is 5.40. The van der Waals surface area contributed by atoms with E-state index in [0.717, 1.165) is 4.90 Å². The first kappa shape index (κ1) is 18.4. The average molecular weight is 370 g/mol. The standard InChI is InChI=1S/C20H19FN2O4/c1-3-27-17-9-8-13(11-18(17)26-2)10-16-19(24)23(20(25)22-16)12-14-6-4-5-7-15(14)21/h4-11H,3,12H2,1-2H3,(H,22,25)/b16-10-. The monoisotopic (exact) mass is 370 g/mol. The third kappa shape index (κ3) is 3.92. The SMILES string of the molecule is CCOc1ccc(/C=C2\NC(=O)N(Cc3ccccc3F)C2=O)cc1OC. The van der Waals surface area contributed by atoms with Crippen molar-refractivity contribution in [3.05, 3.63) is 65.1 Å². The lowest BCUT2D eigenvalue weighted by molar-refractivity contribution is -0.123. The van der Waals surface area contributed by atoms with Crippen molar-refractivity contribution in [3.63, 3.8) is 0 Å². The molecular weight excluding hydrogens is 351 g/mol. The highest BCUT2D eigenvalue weighted by atomic mass is 19.1. The molecule has 0 saturated carbocycles. The van der Waals surface area contributed by atoms with Crippen molar-refractivity contribution < 1.29 is 23.5 Å². The van der Waals surface area contributed by atoms with Crippen LogP contribution in [0.25, 0.3) is 6.08 Å². The Bertz CT molecular complexity index is 911. The summed E-state index contributed by atoms with van der Waals surface area (Å²) in [6, 6.07) is 10.6. The van der Waals surface area contributed by atoms with E-state index >= 15 is 0 Å². The summed E-state index contributed by atoms with van der Waals surface area (Å²) in [5, 5.41) is 2.52. The number of hydrogen-bond acceptors (Lipinski definition) is 4. The van der Waals surface area contributed by atoms with E-state index in [1.807, 2.05) is 6.92 Å². The first-order valence-corrected chi connectivity index (χ1v) is 8.42. The van der Waals surface area contributed by atoms with Gasteiger partial charge in [0.05, 0.1) is 20.3 Å². The molecule has 2 aromatic rings. The van der Waals surface area contributed by atoms with Crippen molar-refractivity contribution in [1.29, 1.82) is 0 Å². The lowest BCUT2D eigenvalue weighted by Crippen LogP contribution is -2.30. The number of urea groups is 1. The van der Waals surface area contributed by atoms with Crippen LogP contribution in [-0.4, -0.2) is 30.6 Å². The maximum absolute atomic E-state index is 13.8. The summed E-state index contributed by atoms with van der Waals surface area (Å²) in [6.07, 6.45) is 1.54. The van der Waals surface area contributed by atoms with Gasteiger partial charge in [0.2, 0.25) is 0 Å². The Morgan fingerprint density at radius 1 is 1.15 bits per heavy atom. The first-order chi connectivity index (χ1) is 13.0. The van der Waals surface area contributed by atoms with E-state index in [-0.39, 0.29) is 17.8 Å². The Morgan fingerprint density at radius 2 is 1.93 bits per heavy atom. The zero-order valence-electron chi connectivity index (χ0n) is 15.0. The van der Waals surface area contributed by atoms with Crippen LogP contribution < -0.4 is 14.8 Å². The van der Waals surface area contributed by atoms with Crippen LogP contribution >= 0.6 is 0 Å². The summed E-state index contributed by atoms with van der Waals surface area (Å²) in [5.41, 5.74) is 1.04. The normalized spacial score (nSPS) is 15.2. The Balaban J connectivity index is 1.83. The molecule has 0 spiro atoms. The molecule has 1 saturated heterocycles. The van der Waals surface area contributed by atoms with Gasteiger partial charge in [0.1, 0.15) is 11.5 Å². The lowest BCUT2D eigenvalue weighted by atomic mass is 10.1. The van der Waals surface area contributed by atoms with Gasteiger partial charge in [0, 0.05) is 5.56 Å². The number of halogens is 1. The molecule has 1 fully saturated rings. The number of ether oxygens (including phenoxy) is 2. The van der Waals surface area contributed by atoms with E-state index in [9.17, 15) is 14.0 Å². The molecule has 1 heterocycles. The van der Waals surface area contributed by atoms with Crippen molar-refractivity contribution >= 4 is 18.0 Å². The lowest BCUT2D eigenvalue weighted by Gasteiger charge is -2.12. The summed E-state index contributed by atoms with van der Waals surface area (Å²) in [4.78, 5) is 25.7. The van der Waals surface area contributed by atoms with E-state index in [0.29, 0.717) is 23.7 Å². The van der Waals surface area contributed by atoms with Crippen LogP contribution in [-0.2, 0) is 11.3 Å². The molecule has 0 bridgehead atoms. The summed E-state index contributed by atoms with van der Waals surface area (Å²) >= 11 is 0. The number of methoxy groups -OCH3 is 1. The molecule has 1 aliphatic rings. The highest BCUT2D eigenvalue weighted by Crippen LogP contribution is 2.29. The quantitative estimate of drug-likeness (QED) is 0.626. The number of hydrogen-bond donors (Lipinski definition) is 1. The Hall–Kier alpha value is -3.35. The number of rotatable bonds is 6. The highest BCUT2D eigenvalue weighted by molar-refractivity contribution is 6.13. The second-order valence-electron chi connectivity index (χ2n) is 5.81. The van der Waals surface area contributed by atoms with Crippen LogP contribution in [0.3, 0.4) is 0 Å². The Morgan fingerprint density at radius 3 is 2.63 bits per heavy atom. The van der Waals surface area contributed by atoms with Crippen molar-refractivity contribution in [1.82, 2.24) is 10.2 Å². The predicted octanol–water partition coefficient (Wildman–Crippen LogP) is 3.33. The minimum absolute atomic E-state index is 0.113. The van der Waals surface area contributed by atoms with Gasteiger partial charge >= 0.3 is 6.03 Å². The molecule has 0 unspecified atom stereocenters. The third-order valence-electron chi connectivity index (χ3n) is 4.05. The average Bonchev–Trinajstić information content (AvgIpc) is 2.92. The number of nitrogens with one attached hydrogen (secondary N) is 1. The van der Waals surface area contributed by atoms with Crippen LogP contribution in [0.15, 0.2) is 48.2 Å². The van der Waals surface area contributed by atoms with Gasteiger partial charge in [-0.3, -0.25) is 9.69 Å². The van der Waals surface area contributed by atoms with Crippen LogP contribution in [0, 0.1) is 5.82 Å². The number of carbonyl (C=O) groups excluding carboxylic acids is 2. The fraction of sp³-hybridized carbons (Fsp3) is 0.200. The highest BCUT2D eigenvalue weighted by Gasteiger charge is 2.34. The van der Waals surface area contributed by atoms with E-state index in [1.165, 1.54) is 19.2 Å². The van der Waals surface area contributed by atoms with Gasteiger partial charge in [0.15, 0.2) is 11.5 Å². The third-order valence-corrected chi connectivity index (χ3v) is 4.05. The molecule has 3 rings (SSSR count). The summed E-state index contributed by atoms with van der Waals surface area (Å²) in [5.74, 6) is 0.124.